The molecule has 2 aromatic carbocycles. The van der Waals surface area contributed by atoms with Crippen LogP contribution in [0.5, 0.6) is 5.75 Å². The predicted molar refractivity (Wildman–Crippen MR) is 117 cm³/mol. The van der Waals surface area contributed by atoms with Crippen molar-refractivity contribution >= 4 is 28.1 Å². The van der Waals surface area contributed by atoms with Crippen LogP contribution in [0.4, 0.5) is 0 Å². The molecule has 0 bridgehead atoms. The lowest BCUT2D eigenvalue weighted by Crippen LogP contribution is -2.24. The standard InChI is InChI=1S/C22H23BrN4O2/c1-15-4-6-19(7-5-15)14-29-20-10-8-18(9-11-20)12-24-25-21(28)13-27-17(3)22(23)16(2)26-27/h4-12H,13-14H2,1-3H3,(H,25,28)/b24-12+. The Labute approximate surface area is 178 Å². The number of carbonyl (C=O) groups is 1. The molecule has 150 valence electrons. The number of hydrazone groups is 1. The highest BCUT2D eigenvalue weighted by molar-refractivity contribution is 9.10. The zero-order chi connectivity index (χ0) is 20.8. The Kier molecular flexibility index (Phi) is 6.82. The molecule has 0 saturated carbocycles. The first kappa shape index (κ1) is 20.8. The van der Waals surface area contributed by atoms with Crippen LogP contribution in [0.2, 0.25) is 0 Å². The van der Waals surface area contributed by atoms with Gasteiger partial charge in [-0.2, -0.15) is 10.2 Å². The van der Waals surface area contributed by atoms with Gasteiger partial charge in [0, 0.05) is 0 Å². The highest BCUT2D eigenvalue weighted by atomic mass is 79.9. The van der Waals surface area contributed by atoms with E-state index in [2.05, 4.69) is 62.7 Å². The highest BCUT2D eigenvalue weighted by Crippen LogP contribution is 2.19. The second kappa shape index (κ2) is 9.52. The van der Waals surface area contributed by atoms with Crippen LogP contribution in [-0.2, 0) is 17.9 Å². The van der Waals surface area contributed by atoms with Gasteiger partial charge in [-0.1, -0.05) is 29.8 Å². The molecule has 0 fully saturated rings. The van der Waals surface area contributed by atoms with Gasteiger partial charge < -0.3 is 4.74 Å². The van der Waals surface area contributed by atoms with E-state index in [0.717, 1.165) is 32.7 Å². The number of carbonyl (C=O) groups excluding carboxylic acids is 1. The first-order valence-corrected chi connectivity index (χ1v) is 10.0. The Hall–Kier alpha value is -2.93. The molecule has 0 aliphatic carbocycles. The van der Waals surface area contributed by atoms with Crippen molar-refractivity contribution in [3.63, 3.8) is 0 Å². The Morgan fingerprint density at radius 1 is 1.14 bits per heavy atom. The number of aryl methyl sites for hydroxylation is 2. The van der Waals surface area contributed by atoms with Gasteiger partial charge in [0.25, 0.3) is 5.91 Å². The van der Waals surface area contributed by atoms with Gasteiger partial charge in [0.05, 0.1) is 22.1 Å². The third-order valence-corrected chi connectivity index (χ3v) is 5.54. The topological polar surface area (TPSA) is 68.5 Å². The summed E-state index contributed by atoms with van der Waals surface area (Å²) in [5.74, 6) is 0.541. The maximum absolute atomic E-state index is 12.0. The van der Waals surface area contributed by atoms with E-state index in [0.29, 0.717) is 6.61 Å². The van der Waals surface area contributed by atoms with E-state index in [1.54, 1.807) is 10.9 Å². The molecule has 0 atom stereocenters. The average Bonchev–Trinajstić information content (AvgIpc) is 2.95. The molecular weight excluding hydrogens is 432 g/mol. The summed E-state index contributed by atoms with van der Waals surface area (Å²) in [6.45, 7) is 6.49. The fourth-order valence-corrected chi connectivity index (χ4v) is 2.96. The minimum atomic E-state index is -0.239. The molecule has 0 spiro atoms. The minimum absolute atomic E-state index is 0.113. The predicted octanol–water partition coefficient (Wildman–Crippen LogP) is 4.30. The number of nitrogens with one attached hydrogen (secondary N) is 1. The summed E-state index contributed by atoms with van der Waals surface area (Å²) in [6, 6.07) is 15.8. The molecule has 1 amide bonds. The van der Waals surface area contributed by atoms with Crippen molar-refractivity contribution in [3.05, 3.63) is 81.1 Å². The van der Waals surface area contributed by atoms with Crippen LogP contribution >= 0.6 is 15.9 Å². The van der Waals surface area contributed by atoms with Crippen LogP contribution in [0, 0.1) is 20.8 Å². The van der Waals surface area contributed by atoms with Crippen molar-refractivity contribution in [2.75, 3.05) is 0 Å². The summed E-state index contributed by atoms with van der Waals surface area (Å²) >= 11 is 3.45. The van der Waals surface area contributed by atoms with Crippen molar-refractivity contribution in [3.8, 4) is 5.75 Å². The Morgan fingerprint density at radius 2 is 1.83 bits per heavy atom. The molecule has 3 aromatic rings. The number of rotatable bonds is 7. The van der Waals surface area contributed by atoms with Gasteiger partial charge in [-0.15, -0.1) is 0 Å². The molecule has 0 aliphatic rings. The number of hydrogen-bond donors (Lipinski definition) is 1. The fraction of sp³-hybridized carbons (Fsp3) is 0.227. The van der Waals surface area contributed by atoms with Gasteiger partial charge in [0.1, 0.15) is 18.9 Å². The van der Waals surface area contributed by atoms with E-state index in [1.807, 2.05) is 38.1 Å². The Balaban J connectivity index is 1.48. The number of ether oxygens (including phenoxy) is 1. The van der Waals surface area contributed by atoms with E-state index in [9.17, 15) is 4.79 Å². The summed E-state index contributed by atoms with van der Waals surface area (Å²) < 4.78 is 8.35. The molecule has 0 unspecified atom stereocenters. The summed E-state index contributed by atoms with van der Waals surface area (Å²) in [4.78, 5) is 12.0. The van der Waals surface area contributed by atoms with Crippen molar-refractivity contribution in [1.29, 1.82) is 0 Å². The summed E-state index contributed by atoms with van der Waals surface area (Å²) in [5.41, 5.74) is 7.50. The molecule has 1 N–H and O–H groups in total. The third-order valence-electron chi connectivity index (χ3n) is 4.40. The van der Waals surface area contributed by atoms with Gasteiger partial charge in [0.2, 0.25) is 0 Å². The maximum atomic E-state index is 12.0. The molecule has 1 aromatic heterocycles. The SMILES string of the molecule is Cc1ccc(COc2ccc(/C=N/NC(=O)Cn3nc(C)c(Br)c3C)cc2)cc1. The smallest absolute Gasteiger partial charge is 0.261 e. The Bertz CT molecular complexity index is 1010. The molecule has 0 saturated heterocycles. The zero-order valence-corrected chi connectivity index (χ0v) is 18.2. The first-order chi connectivity index (χ1) is 13.9. The zero-order valence-electron chi connectivity index (χ0n) is 16.6. The summed E-state index contributed by atoms with van der Waals surface area (Å²) in [5, 5.41) is 8.32. The van der Waals surface area contributed by atoms with Crippen molar-refractivity contribution in [2.45, 2.75) is 33.9 Å². The molecule has 0 aliphatic heterocycles. The minimum Gasteiger partial charge on any atom is -0.489 e. The maximum Gasteiger partial charge on any atom is 0.261 e. The van der Waals surface area contributed by atoms with Crippen LogP contribution in [0.15, 0.2) is 58.1 Å². The summed E-state index contributed by atoms with van der Waals surface area (Å²) in [7, 11) is 0. The number of aromatic nitrogens is 2. The number of nitrogens with zero attached hydrogens (tertiary/aromatic N) is 3. The quantitative estimate of drug-likeness (QED) is 0.427. The third kappa shape index (κ3) is 5.77. The lowest BCUT2D eigenvalue weighted by molar-refractivity contribution is -0.121. The summed E-state index contributed by atoms with van der Waals surface area (Å²) in [6.07, 6.45) is 1.60. The lowest BCUT2D eigenvalue weighted by atomic mass is 10.2. The van der Waals surface area contributed by atoms with Crippen LogP contribution < -0.4 is 10.2 Å². The first-order valence-electron chi connectivity index (χ1n) is 9.22. The number of hydrogen-bond acceptors (Lipinski definition) is 4. The van der Waals surface area contributed by atoms with Gasteiger partial charge in [-0.3, -0.25) is 9.48 Å². The monoisotopic (exact) mass is 454 g/mol. The van der Waals surface area contributed by atoms with E-state index in [-0.39, 0.29) is 12.5 Å². The highest BCUT2D eigenvalue weighted by Gasteiger charge is 2.11. The molecule has 1 heterocycles. The number of benzene rings is 2. The average molecular weight is 455 g/mol. The van der Waals surface area contributed by atoms with Crippen LogP contribution in [0.3, 0.4) is 0 Å². The van der Waals surface area contributed by atoms with Gasteiger partial charge in [-0.25, -0.2) is 5.43 Å². The fourth-order valence-electron chi connectivity index (χ4n) is 2.68. The molecular formula is C22H23BrN4O2. The lowest BCUT2D eigenvalue weighted by Gasteiger charge is -2.07. The van der Waals surface area contributed by atoms with Crippen molar-refractivity contribution < 1.29 is 9.53 Å². The number of amides is 1. The van der Waals surface area contributed by atoms with Crippen molar-refractivity contribution in [2.24, 2.45) is 5.10 Å². The Morgan fingerprint density at radius 3 is 2.45 bits per heavy atom. The van der Waals surface area contributed by atoms with Crippen molar-refractivity contribution in [1.82, 2.24) is 15.2 Å². The van der Waals surface area contributed by atoms with Gasteiger partial charge >= 0.3 is 0 Å². The molecule has 3 rings (SSSR count). The van der Waals surface area contributed by atoms with E-state index in [4.69, 9.17) is 4.74 Å². The largest absolute Gasteiger partial charge is 0.489 e. The molecule has 29 heavy (non-hydrogen) atoms. The molecule has 0 radical (unpaired) electrons. The van der Waals surface area contributed by atoms with E-state index >= 15 is 0 Å². The second-order valence-corrected chi connectivity index (χ2v) is 7.57. The van der Waals surface area contributed by atoms with Crippen LogP contribution in [0.25, 0.3) is 0 Å². The van der Waals surface area contributed by atoms with Gasteiger partial charge in [-0.05, 0) is 72.1 Å². The molecule has 6 nitrogen and oxygen atoms in total. The van der Waals surface area contributed by atoms with Gasteiger partial charge in [0.15, 0.2) is 0 Å². The number of halogens is 1. The molecule has 7 heteroatoms. The normalized spacial score (nSPS) is 11.0. The van der Waals surface area contributed by atoms with Crippen LogP contribution in [0.1, 0.15) is 28.1 Å². The van der Waals surface area contributed by atoms with E-state index < -0.39 is 0 Å². The van der Waals surface area contributed by atoms with E-state index in [1.165, 1.54) is 5.56 Å². The van der Waals surface area contributed by atoms with Crippen LogP contribution in [-0.4, -0.2) is 21.9 Å². The second-order valence-electron chi connectivity index (χ2n) is 6.78.